The van der Waals surface area contributed by atoms with Crippen molar-refractivity contribution in [1.82, 2.24) is 73.6 Å². The van der Waals surface area contributed by atoms with Gasteiger partial charge in [-0.05, 0) is 119 Å². The predicted octanol–water partition coefficient (Wildman–Crippen LogP) is -6.47. The molecule has 0 saturated carbocycles. The third kappa shape index (κ3) is 32.5. The highest BCUT2D eigenvalue weighted by Gasteiger charge is 2.45. The predicted molar refractivity (Wildman–Crippen MR) is 398 cm³/mol. The molecule has 0 unspecified atom stereocenters. The SMILES string of the molecule is CC(C)C[C@H](NC(=O)[C@H](CO)NC(=O)[C@H](CC(C)C)NC(=O)[C@@H](NC(=O)[C@@H](N)CO)C(C)C)C(=O)N[C@@H](CO)C(=O)N[C@@H](CCC(N)=O)C(=O)N[C@@H](CO)C(=O)N[C@@H](CCCCN)C(=O)N[C@H](C(=O)N[C@@H](CC(C)C)C(=O)N1CCC[C@H]1C(=O)N[C@H](C(=O)N1CCC[C@H]1C(=O)N[C@@H](CCC(=O)O)C(=O)O)C(C)C)C(C)C. The Bertz CT molecular complexity index is 3190. The number of hydrogen-bond donors (Lipinski definition) is 21. The number of primary amides is 1. The normalized spacial score (nSPS) is 17.8. The van der Waals surface area contributed by atoms with Crippen molar-refractivity contribution >= 4 is 101 Å². The molecule has 0 aromatic carbocycles. The maximum absolute atomic E-state index is 14.7. The number of aliphatic hydroxyl groups excluding tert-OH is 4. The fourth-order valence-corrected chi connectivity index (χ4v) is 12.4. The molecule has 0 aromatic rings. The Balaban J connectivity index is 2.36. The van der Waals surface area contributed by atoms with Crippen molar-refractivity contribution in [1.29, 1.82) is 0 Å². The molecule has 24 N–H and O–H groups in total. The first kappa shape index (κ1) is 97.8. The highest BCUT2D eigenvalue weighted by atomic mass is 16.4. The van der Waals surface area contributed by atoms with Crippen LogP contribution in [0, 0.1) is 35.5 Å². The van der Waals surface area contributed by atoms with Gasteiger partial charge in [0, 0.05) is 25.9 Å². The zero-order valence-electron chi connectivity index (χ0n) is 65.7. The van der Waals surface area contributed by atoms with E-state index in [-0.39, 0.29) is 82.3 Å². The number of rotatable bonds is 50. The van der Waals surface area contributed by atoms with Crippen molar-refractivity contribution in [3.63, 3.8) is 0 Å². The number of aliphatic carboxylic acids is 2. The van der Waals surface area contributed by atoms with Crippen molar-refractivity contribution in [3.05, 3.63) is 0 Å². The second-order valence-corrected chi connectivity index (χ2v) is 30.4. The quantitative estimate of drug-likeness (QED) is 0.0252. The summed E-state index contributed by atoms with van der Waals surface area (Å²) in [7, 11) is 0. The van der Waals surface area contributed by atoms with Crippen LogP contribution in [0.25, 0.3) is 0 Å². The molecule has 0 aliphatic carbocycles. The third-order valence-electron chi connectivity index (χ3n) is 18.5. The van der Waals surface area contributed by atoms with Gasteiger partial charge in [-0.1, -0.05) is 83.1 Å². The fourth-order valence-electron chi connectivity index (χ4n) is 12.4. The van der Waals surface area contributed by atoms with Crippen LogP contribution in [0.4, 0.5) is 0 Å². The van der Waals surface area contributed by atoms with Crippen molar-refractivity contribution in [2.45, 2.75) is 264 Å². The Morgan fingerprint density at radius 1 is 0.369 bits per heavy atom. The number of aliphatic hydroxyl groups is 4. The summed E-state index contributed by atoms with van der Waals surface area (Å²) in [5.41, 5.74) is 16.8. The Morgan fingerprint density at radius 2 is 0.712 bits per heavy atom. The van der Waals surface area contributed by atoms with Crippen LogP contribution in [0.5, 0.6) is 0 Å². The van der Waals surface area contributed by atoms with Gasteiger partial charge in [0.05, 0.1) is 26.4 Å². The minimum atomic E-state index is -1.91. The van der Waals surface area contributed by atoms with Gasteiger partial charge in [0.15, 0.2) is 0 Å². The van der Waals surface area contributed by atoms with Gasteiger partial charge in [0.2, 0.25) is 88.6 Å². The smallest absolute Gasteiger partial charge is 0.326 e. The van der Waals surface area contributed by atoms with E-state index < -0.39 is 261 Å². The number of carboxylic acid groups (broad SMARTS) is 2. The molecule has 2 fully saturated rings. The number of carbonyl (C=O) groups is 17. The fraction of sp³-hybridized carbons (Fsp3) is 0.761. The Kier molecular flexibility index (Phi) is 42.8. The van der Waals surface area contributed by atoms with E-state index in [1.807, 2.05) is 0 Å². The van der Waals surface area contributed by atoms with Crippen molar-refractivity contribution in [2.75, 3.05) is 46.1 Å². The molecule has 0 spiro atoms. The maximum Gasteiger partial charge on any atom is 0.326 e. The molecule has 2 aliphatic heterocycles. The molecule has 630 valence electrons. The highest BCUT2D eigenvalue weighted by molar-refractivity contribution is 6.01. The van der Waals surface area contributed by atoms with Gasteiger partial charge in [-0.15, -0.1) is 0 Å². The molecule has 111 heavy (non-hydrogen) atoms. The summed E-state index contributed by atoms with van der Waals surface area (Å²) in [4.78, 5) is 233. The standard InChI is InChI=1S/C71H123N17O23/c1-34(2)27-44(78-64(103)49(33-92)83-61(100)45(28-35(3)4)79-67(106)54(37(7)8)84-57(96)40(73)30-89)60(99)82-48(32-91)63(102)76-42(20-22-52(74)93)58(97)81-47(31-90)62(101)75-41(17-13-14-24-72)59(98)85-55(38(9)10)68(107)80-46(29-36(5)6)69(108)87-25-15-19-51(87)66(105)86-56(39(11)12)70(109)88-26-16-18-50(88)65(104)77-43(71(110)111)21-23-53(94)95/h34-51,54-56,89-92H,13-33,72-73H2,1-12H3,(H2,74,93)(H,75,101)(H,76,102)(H,77,104)(H,78,103)(H,79,106)(H,80,107)(H,81,97)(H,82,99)(H,83,100)(H,84,96)(H,85,98)(H,86,105)(H,94,95)(H,110,111)/t40-,41-,42-,43-,44-,45-,46-,47-,48-,49-,50-,51-,54-,55-,56-/m0/s1. The van der Waals surface area contributed by atoms with Gasteiger partial charge in [-0.3, -0.25) is 76.7 Å². The first-order chi connectivity index (χ1) is 52.0. The maximum atomic E-state index is 14.7. The molecule has 0 radical (unpaired) electrons. The minimum absolute atomic E-state index is 0.0000232. The van der Waals surface area contributed by atoms with Gasteiger partial charge >= 0.3 is 11.9 Å². The summed E-state index contributed by atoms with van der Waals surface area (Å²) in [5, 5.41) is 89.1. The van der Waals surface area contributed by atoms with Crippen LogP contribution in [-0.4, -0.2) is 278 Å². The van der Waals surface area contributed by atoms with E-state index in [4.69, 9.17) is 22.3 Å². The molecule has 0 aromatic heterocycles. The van der Waals surface area contributed by atoms with Crippen LogP contribution in [0.2, 0.25) is 0 Å². The molecule has 40 nitrogen and oxygen atoms in total. The molecule has 15 amide bonds. The molecule has 2 heterocycles. The lowest BCUT2D eigenvalue weighted by atomic mass is 9.98. The summed E-state index contributed by atoms with van der Waals surface area (Å²) in [5.74, 6) is -19.4. The van der Waals surface area contributed by atoms with E-state index in [9.17, 15) is 107 Å². The van der Waals surface area contributed by atoms with E-state index in [1.54, 1.807) is 83.1 Å². The van der Waals surface area contributed by atoms with Crippen LogP contribution in [-0.2, 0) is 81.5 Å². The van der Waals surface area contributed by atoms with Crippen molar-refractivity contribution in [2.24, 2.45) is 52.7 Å². The summed E-state index contributed by atoms with van der Waals surface area (Å²) in [6.45, 7) is 16.3. The average molecular weight is 1580 g/mol. The Morgan fingerprint density at radius 3 is 1.10 bits per heavy atom. The molecule has 15 atom stereocenters. The lowest BCUT2D eigenvalue weighted by Crippen LogP contribution is -2.62. The van der Waals surface area contributed by atoms with E-state index in [1.165, 1.54) is 9.80 Å². The second-order valence-electron chi connectivity index (χ2n) is 30.4. The summed E-state index contributed by atoms with van der Waals surface area (Å²) in [6, 6.07) is -22.1. The van der Waals surface area contributed by atoms with Crippen LogP contribution >= 0.6 is 0 Å². The highest BCUT2D eigenvalue weighted by Crippen LogP contribution is 2.25. The van der Waals surface area contributed by atoms with E-state index >= 15 is 0 Å². The zero-order chi connectivity index (χ0) is 84.4. The number of likely N-dealkylation sites (tertiary alicyclic amines) is 2. The Labute approximate surface area is 646 Å². The summed E-state index contributed by atoms with van der Waals surface area (Å²) in [6.07, 6.45) is -0.795. The zero-order valence-corrected chi connectivity index (χ0v) is 65.7. The Hall–Kier alpha value is -9.25. The van der Waals surface area contributed by atoms with E-state index in [0.29, 0.717) is 19.3 Å². The molecule has 2 rings (SSSR count). The first-order valence-electron chi connectivity index (χ1n) is 37.9. The number of amides is 15. The number of carboxylic acids is 2. The van der Waals surface area contributed by atoms with E-state index in [2.05, 4.69) is 63.8 Å². The number of nitrogens with zero attached hydrogens (tertiary/aromatic N) is 2. The molecular weight excluding hydrogens is 1460 g/mol. The number of nitrogens with two attached hydrogens (primary N) is 3. The number of hydrogen-bond acceptors (Lipinski definition) is 23. The van der Waals surface area contributed by atoms with Crippen molar-refractivity contribution in [3.8, 4) is 0 Å². The lowest BCUT2D eigenvalue weighted by Gasteiger charge is -2.34. The van der Waals surface area contributed by atoms with Gasteiger partial charge in [-0.25, -0.2) is 4.79 Å². The van der Waals surface area contributed by atoms with Gasteiger partial charge in [-0.2, -0.15) is 0 Å². The third-order valence-corrected chi connectivity index (χ3v) is 18.5. The monoisotopic (exact) mass is 1580 g/mol. The summed E-state index contributed by atoms with van der Waals surface area (Å²) >= 11 is 0. The molecular formula is C71H123N17O23. The van der Waals surface area contributed by atoms with Crippen LogP contribution < -0.4 is 81.0 Å². The number of nitrogens with one attached hydrogen (secondary N) is 12. The largest absolute Gasteiger partial charge is 0.481 e. The van der Waals surface area contributed by atoms with Gasteiger partial charge < -0.3 is 121 Å². The first-order valence-corrected chi connectivity index (χ1v) is 37.9. The number of carbonyl (C=O) groups excluding carboxylic acids is 15. The van der Waals surface area contributed by atoms with Crippen LogP contribution in [0.15, 0.2) is 0 Å². The van der Waals surface area contributed by atoms with E-state index in [0.717, 1.165) is 0 Å². The van der Waals surface area contributed by atoms with Gasteiger partial charge in [0.25, 0.3) is 0 Å². The second kappa shape index (κ2) is 48.5. The molecule has 0 bridgehead atoms. The van der Waals surface area contributed by atoms with Crippen molar-refractivity contribution < 1.29 is 112 Å². The summed E-state index contributed by atoms with van der Waals surface area (Å²) < 4.78 is 0. The van der Waals surface area contributed by atoms with Crippen LogP contribution in [0.3, 0.4) is 0 Å². The van der Waals surface area contributed by atoms with Gasteiger partial charge in [0.1, 0.15) is 90.6 Å². The lowest BCUT2D eigenvalue weighted by molar-refractivity contribution is -0.146. The number of unbranched alkanes of at least 4 members (excludes halogenated alkanes) is 1. The average Bonchev–Trinajstić information content (AvgIpc) is 1.71. The van der Waals surface area contributed by atoms with Crippen LogP contribution in [0.1, 0.15) is 173 Å². The minimum Gasteiger partial charge on any atom is -0.481 e. The molecule has 2 aliphatic rings. The molecule has 2 saturated heterocycles. The molecule has 40 heteroatoms. The topological polar surface area (TPSA) is 640 Å².